The van der Waals surface area contributed by atoms with Crippen LogP contribution in [0.25, 0.3) is 0 Å². The van der Waals surface area contributed by atoms with Gasteiger partial charge in [0.25, 0.3) is 0 Å². The van der Waals surface area contributed by atoms with Crippen molar-refractivity contribution >= 4 is 17.9 Å². The van der Waals surface area contributed by atoms with Gasteiger partial charge in [0.05, 0.1) is 62.4 Å². The van der Waals surface area contributed by atoms with Gasteiger partial charge in [0, 0.05) is 12.3 Å². The minimum Gasteiger partial charge on any atom is -0.462 e. The van der Waals surface area contributed by atoms with E-state index >= 15 is 4.79 Å². The zero-order valence-corrected chi connectivity index (χ0v) is 55.6. The van der Waals surface area contributed by atoms with Crippen LogP contribution in [-0.2, 0) is 71.2 Å². The predicted molar refractivity (Wildman–Crippen MR) is 318 cm³/mol. The molecule has 0 bridgehead atoms. The maximum Gasteiger partial charge on any atom is 0.317 e. The number of carbonyl (C=O) groups is 3. The van der Waals surface area contributed by atoms with Gasteiger partial charge in [0.15, 0.2) is 37.4 Å². The van der Waals surface area contributed by atoms with Crippen molar-refractivity contribution in [1.82, 2.24) is 0 Å². The molecule has 29 heteroatoms. The topological polar surface area (TPSA) is 445 Å². The number of carbonyl (C=O) groups excluding carboxylic acids is 3. The Labute approximate surface area is 546 Å². The Hall–Kier alpha value is -2.77. The SMILES string of the molecule is CC(=O)O[C@@H](C)CC(=O)O[C@@H]1[C@H](O)[C@@H](O[C@@H]2O[C@@H](C)[C@H](O[C@@H]3OC[C@@H](O)[C@H](O[C@@H]4O[C@@H](C)[C@H](O)[C@@H](O)[C@H]4O)[C@H]3O)[C@@H](O)[C@H]2O)[C@H](OC(=O)[C@]23CCC(C)(C)C[C@H]2C2=CC[C@@H]4[C@@]5(C)C[C@H](O)[C@H](O[C@@H]6O[C@@H](C)[C@H](O)[C@@H](O)[C@H]6O)[C@@](C)(CO)[C@@H]5CC[C@@]4(C)[C@]2(C)C[C@H]3O)O[C@@H]1C. The molecule has 0 radical (unpaired) electrons. The number of rotatable bonds is 15. The van der Waals surface area contributed by atoms with E-state index < -0.39 is 242 Å². The first-order valence-electron chi connectivity index (χ1n) is 33.4. The Bertz CT molecular complexity index is 2720. The zero-order chi connectivity index (χ0) is 69.2. The lowest BCUT2D eigenvalue weighted by atomic mass is 9.33. The van der Waals surface area contributed by atoms with Gasteiger partial charge < -0.3 is 128 Å². The molecule has 10 aliphatic rings. The van der Waals surface area contributed by atoms with Crippen LogP contribution in [0.1, 0.15) is 141 Å². The summed E-state index contributed by atoms with van der Waals surface area (Å²) in [6.07, 6.45) is -38.4. The second-order valence-electron chi connectivity index (χ2n) is 30.8. The summed E-state index contributed by atoms with van der Waals surface area (Å²) in [4.78, 5) is 41.1. The average molecular weight is 1350 g/mol. The van der Waals surface area contributed by atoms with Crippen LogP contribution in [0.4, 0.5) is 0 Å². The Morgan fingerprint density at radius 2 is 1.12 bits per heavy atom. The highest BCUT2D eigenvalue weighted by atomic mass is 16.8. The van der Waals surface area contributed by atoms with Gasteiger partial charge in [-0.25, -0.2) is 0 Å². The molecule has 9 fully saturated rings. The third-order valence-corrected chi connectivity index (χ3v) is 24.2. The van der Waals surface area contributed by atoms with Crippen LogP contribution >= 0.6 is 0 Å². The van der Waals surface area contributed by atoms with Crippen LogP contribution < -0.4 is 0 Å². The van der Waals surface area contributed by atoms with Gasteiger partial charge in [-0.05, 0) is 125 Å². The number of allylic oxidation sites excluding steroid dienone is 2. The smallest absolute Gasteiger partial charge is 0.317 e. The molecule has 0 aromatic carbocycles. The van der Waals surface area contributed by atoms with E-state index in [9.17, 15) is 81.1 Å². The molecule has 36 atom stereocenters. The van der Waals surface area contributed by atoms with Gasteiger partial charge in [-0.3, -0.25) is 14.4 Å². The average Bonchev–Trinajstić information content (AvgIpc) is 0.670. The van der Waals surface area contributed by atoms with E-state index in [1.54, 1.807) is 0 Å². The second-order valence-corrected chi connectivity index (χ2v) is 30.8. The van der Waals surface area contributed by atoms with Gasteiger partial charge in [-0.15, -0.1) is 0 Å². The Morgan fingerprint density at radius 3 is 1.72 bits per heavy atom. The van der Waals surface area contributed by atoms with Crippen molar-refractivity contribution in [1.29, 1.82) is 0 Å². The van der Waals surface area contributed by atoms with Gasteiger partial charge in [-0.1, -0.05) is 53.2 Å². The Kier molecular flexibility index (Phi) is 21.5. The van der Waals surface area contributed by atoms with Gasteiger partial charge in [0.2, 0.25) is 6.29 Å². The van der Waals surface area contributed by atoms with Crippen molar-refractivity contribution in [2.45, 2.75) is 313 Å². The number of esters is 3. The molecular formula is C65H104O29. The first-order valence-corrected chi connectivity index (χ1v) is 33.4. The summed E-state index contributed by atoms with van der Waals surface area (Å²) in [7, 11) is 0. The molecule has 0 unspecified atom stereocenters. The van der Waals surface area contributed by atoms with Crippen molar-refractivity contribution in [3.05, 3.63) is 11.6 Å². The van der Waals surface area contributed by atoms with Crippen molar-refractivity contribution in [3.8, 4) is 0 Å². The molecule has 0 amide bonds. The molecule has 5 aliphatic heterocycles. The van der Waals surface area contributed by atoms with Crippen molar-refractivity contribution in [3.63, 3.8) is 0 Å². The molecule has 10 rings (SSSR count). The number of ether oxygens (including phenoxy) is 12. The van der Waals surface area contributed by atoms with E-state index in [-0.39, 0.29) is 36.5 Å². The minimum absolute atomic E-state index is 0.0898. The summed E-state index contributed by atoms with van der Waals surface area (Å²) >= 11 is 0. The largest absolute Gasteiger partial charge is 0.462 e. The number of hydrogen-bond donors (Lipinski definition) is 14. The maximum atomic E-state index is 15.9. The fourth-order valence-electron chi connectivity index (χ4n) is 18.7. The summed E-state index contributed by atoms with van der Waals surface area (Å²) in [6.45, 7) is 20.0. The lowest BCUT2D eigenvalue weighted by Crippen LogP contribution is -2.70. The maximum absolute atomic E-state index is 15.9. The molecule has 5 aliphatic carbocycles. The monoisotopic (exact) mass is 1350 g/mol. The van der Waals surface area contributed by atoms with E-state index in [4.69, 9.17) is 56.8 Å². The fraction of sp³-hybridized carbons (Fsp3) is 0.923. The Balaban J connectivity index is 0.906. The van der Waals surface area contributed by atoms with Crippen molar-refractivity contribution in [2.75, 3.05) is 13.2 Å². The predicted octanol–water partition coefficient (Wildman–Crippen LogP) is -1.65. The van der Waals surface area contributed by atoms with E-state index in [1.165, 1.54) is 34.6 Å². The molecule has 0 spiro atoms. The standard InChI is InChI=1S/C65H104O29/c1-25(84-30(6)67)19-38(71)89-50-29(5)88-58(52(47(50)80)92-56-46(79)43(76)49(28(4)87-56)90-54-48(81)51(34(69)23-83-54)91-55-44(77)41(74)39(72)26(2)85-55)94-59(82)65-18-17-60(7,8)20-32(65)31-13-14-36-61(9)21-33(68)53(93-57-45(78)42(75)40(73)27(3)86-57)62(10,24-66)35(61)15-16-63(36,11)64(31,12)22-37(65)70/h13,25-29,32-37,39-58,66,68-70,72-81H,14-24H2,1-12H3/t25-,26-,27-,28-,29+,32-,33-,34+,35+,36+,37+,39-,40-,41+,42+,43-,44+,45+,46+,47-,48+,49-,50-,51-,52+,53-,54-,55-,56-,57-,58-,61-,62-,63+,64+,65+/m0/s1. The van der Waals surface area contributed by atoms with E-state index in [1.807, 2.05) is 6.92 Å². The first-order chi connectivity index (χ1) is 43.8. The van der Waals surface area contributed by atoms with Crippen molar-refractivity contribution in [2.24, 2.45) is 50.2 Å². The molecular weight excluding hydrogens is 1240 g/mol. The van der Waals surface area contributed by atoms with Gasteiger partial charge >= 0.3 is 17.9 Å². The Morgan fingerprint density at radius 1 is 0.564 bits per heavy atom. The van der Waals surface area contributed by atoms with E-state index in [2.05, 4.69) is 40.7 Å². The molecule has 5 saturated heterocycles. The highest BCUT2D eigenvalue weighted by molar-refractivity contribution is 5.80. The molecule has 29 nitrogen and oxygen atoms in total. The lowest BCUT2D eigenvalue weighted by Gasteiger charge is -2.72. The summed E-state index contributed by atoms with van der Waals surface area (Å²) in [5, 5.41) is 159. The normalized spacial score (nSPS) is 52.9. The summed E-state index contributed by atoms with van der Waals surface area (Å²) < 4.78 is 71.3. The first kappa shape index (κ1) is 73.9. The number of fused-ring (bicyclic) bond motifs is 7. The number of aliphatic hydroxyl groups excluding tert-OH is 14. The van der Waals surface area contributed by atoms with Crippen LogP contribution in [0.3, 0.4) is 0 Å². The molecule has 4 saturated carbocycles. The summed E-state index contributed by atoms with van der Waals surface area (Å²) in [5.74, 6) is -3.53. The van der Waals surface area contributed by atoms with E-state index in [0.717, 1.165) is 12.5 Å². The number of aliphatic hydroxyl groups is 14. The van der Waals surface area contributed by atoms with Gasteiger partial charge in [0.1, 0.15) is 90.9 Å². The third-order valence-electron chi connectivity index (χ3n) is 24.2. The van der Waals surface area contributed by atoms with Crippen LogP contribution in [0.15, 0.2) is 11.6 Å². The van der Waals surface area contributed by atoms with Crippen LogP contribution in [0.5, 0.6) is 0 Å². The third kappa shape index (κ3) is 12.8. The minimum atomic E-state index is -2.07. The molecule has 14 N–H and O–H groups in total. The highest BCUT2D eigenvalue weighted by Gasteiger charge is 2.73. The molecule has 94 heavy (non-hydrogen) atoms. The van der Waals surface area contributed by atoms with Crippen LogP contribution in [0.2, 0.25) is 0 Å². The molecule has 538 valence electrons. The van der Waals surface area contributed by atoms with Gasteiger partial charge in [-0.2, -0.15) is 0 Å². The van der Waals surface area contributed by atoms with E-state index in [0.29, 0.717) is 32.1 Å². The highest BCUT2D eigenvalue weighted by Crippen LogP contribution is 2.76. The van der Waals surface area contributed by atoms with Crippen LogP contribution in [-0.4, -0.2) is 274 Å². The lowest BCUT2D eigenvalue weighted by molar-refractivity contribution is -0.380. The second kappa shape index (κ2) is 27.3. The quantitative estimate of drug-likeness (QED) is 0.0378. The van der Waals surface area contributed by atoms with Crippen LogP contribution in [0, 0.1) is 50.2 Å². The zero-order valence-electron chi connectivity index (χ0n) is 55.6. The molecule has 0 aromatic heterocycles. The fourth-order valence-corrected chi connectivity index (χ4v) is 18.7. The summed E-state index contributed by atoms with van der Waals surface area (Å²) in [5.41, 5.74) is -4.16. The summed E-state index contributed by atoms with van der Waals surface area (Å²) in [6, 6.07) is 0. The molecule has 0 aromatic rings. The van der Waals surface area contributed by atoms with Crippen molar-refractivity contribution < 1.29 is 143 Å². The number of hydrogen-bond acceptors (Lipinski definition) is 29. The molecule has 5 heterocycles.